The Morgan fingerprint density at radius 2 is 1.93 bits per heavy atom. The smallest absolute Gasteiger partial charge is 0.255 e. The predicted octanol–water partition coefficient (Wildman–Crippen LogP) is 6.44. The number of carbonyl (C=O) groups is 1. The van der Waals surface area contributed by atoms with Crippen LogP contribution in [-0.2, 0) is 0 Å². The van der Waals surface area contributed by atoms with Crippen LogP contribution in [-0.4, -0.2) is 17.5 Å². The molecule has 3 aromatic carbocycles. The van der Waals surface area contributed by atoms with Crippen LogP contribution in [0.5, 0.6) is 5.75 Å². The van der Waals surface area contributed by atoms with Crippen molar-refractivity contribution in [2.24, 2.45) is 5.92 Å². The van der Waals surface area contributed by atoms with Gasteiger partial charge in [0.1, 0.15) is 11.3 Å². The van der Waals surface area contributed by atoms with Crippen molar-refractivity contribution in [2.75, 3.05) is 11.9 Å². The van der Waals surface area contributed by atoms with Gasteiger partial charge in [0.15, 0.2) is 5.58 Å². The molecule has 0 radical (unpaired) electrons. The average Bonchev–Trinajstić information content (AvgIpc) is 3.18. The summed E-state index contributed by atoms with van der Waals surface area (Å²) in [5.74, 6) is 1.23. The third-order valence-corrected chi connectivity index (χ3v) is 4.76. The fraction of sp³-hybridized carbons (Fsp3) is 0.167. The molecule has 0 aliphatic heterocycles. The van der Waals surface area contributed by atoms with Gasteiger partial charge < -0.3 is 14.5 Å². The summed E-state index contributed by atoms with van der Waals surface area (Å²) in [7, 11) is 0. The summed E-state index contributed by atoms with van der Waals surface area (Å²) < 4.78 is 11.5. The van der Waals surface area contributed by atoms with Crippen LogP contribution < -0.4 is 10.1 Å². The molecule has 152 valence electrons. The van der Waals surface area contributed by atoms with Crippen molar-refractivity contribution < 1.29 is 13.9 Å². The number of nitrogens with zero attached hydrogens (tertiary/aromatic N) is 1. The minimum atomic E-state index is -0.240. The van der Waals surface area contributed by atoms with Crippen LogP contribution in [0.1, 0.15) is 24.2 Å². The van der Waals surface area contributed by atoms with E-state index in [2.05, 4.69) is 24.1 Å². The molecule has 4 aromatic rings. The Morgan fingerprint density at radius 1 is 1.10 bits per heavy atom. The molecule has 0 aliphatic carbocycles. The van der Waals surface area contributed by atoms with E-state index in [1.54, 1.807) is 36.4 Å². The van der Waals surface area contributed by atoms with Gasteiger partial charge in [-0.1, -0.05) is 43.6 Å². The summed E-state index contributed by atoms with van der Waals surface area (Å²) in [5.41, 5.74) is 3.14. The van der Waals surface area contributed by atoms with Gasteiger partial charge in [-0.2, -0.15) is 0 Å². The highest BCUT2D eigenvalue weighted by Crippen LogP contribution is 2.32. The van der Waals surface area contributed by atoms with Crippen molar-refractivity contribution >= 4 is 34.3 Å². The highest BCUT2D eigenvalue weighted by molar-refractivity contribution is 6.33. The topological polar surface area (TPSA) is 64.4 Å². The van der Waals surface area contributed by atoms with Crippen LogP contribution in [0.15, 0.2) is 71.1 Å². The first-order valence-electron chi connectivity index (χ1n) is 9.69. The number of fused-ring (bicyclic) bond motifs is 1. The number of amides is 1. The van der Waals surface area contributed by atoms with Crippen molar-refractivity contribution in [2.45, 2.75) is 13.8 Å². The zero-order chi connectivity index (χ0) is 21.1. The molecule has 6 heteroatoms. The molecule has 0 saturated carbocycles. The third kappa shape index (κ3) is 4.47. The minimum Gasteiger partial charge on any atom is -0.493 e. The summed E-state index contributed by atoms with van der Waals surface area (Å²) in [6, 6.07) is 19.8. The van der Waals surface area contributed by atoms with E-state index < -0.39 is 0 Å². The monoisotopic (exact) mass is 420 g/mol. The molecule has 0 unspecified atom stereocenters. The maximum Gasteiger partial charge on any atom is 0.255 e. The number of oxazole rings is 1. The van der Waals surface area contributed by atoms with Gasteiger partial charge in [-0.15, -0.1) is 0 Å². The Hall–Kier alpha value is -3.31. The van der Waals surface area contributed by atoms with Gasteiger partial charge in [0, 0.05) is 11.3 Å². The summed E-state index contributed by atoms with van der Waals surface area (Å²) in [5, 5.41) is 3.39. The first-order chi connectivity index (χ1) is 14.5. The van der Waals surface area contributed by atoms with Crippen molar-refractivity contribution in [1.82, 2.24) is 4.98 Å². The second kappa shape index (κ2) is 8.59. The molecular formula is C24H21ClN2O3. The summed E-state index contributed by atoms with van der Waals surface area (Å²) in [6.07, 6.45) is 0. The van der Waals surface area contributed by atoms with E-state index in [9.17, 15) is 4.79 Å². The molecule has 1 amide bonds. The van der Waals surface area contributed by atoms with Gasteiger partial charge in [-0.05, 0) is 54.4 Å². The van der Waals surface area contributed by atoms with E-state index in [4.69, 9.17) is 20.8 Å². The number of anilines is 1. The molecule has 0 saturated heterocycles. The number of aromatic nitrogens is 1. The zero-order valence-electron chi connectivity index (χ0n) is 16.7. The van der Waals surface area contributed by atoms with Crippen molar-refractivity contribution in [3.05, 3.63) is 77.3 Å². The van der Waals surface area contributed by atoms with Gasteiger partial charge >= 0.3 is 0 Å². The lowest BCUT2D eigenvalue weighted by molar-refractivity contribution is 0.102. The summed E-state index contributed by atoms with van der Waals surface area (Å²) in [6.45, 7) is 4.74. The van der Waals surface area contributed by atoms with Crippen LogP contribution in [0.25, 0.3) is 22.6 Å². The molecule has 0 aliphatic rings. The van der Waals surface area contributed by atoms with Gasteiger partial charge in [0.25, 0.3) is 5.91 Å². The molecule has 1 aromatic heterocycles. The lowest BCUT2D eigenvalue weighted by Gasteiger charge is -2.11. The quantitative estimate of drug-likeness (QED) is 0.390. The highest BCUT2D eigenvalue weighted by Gasteiger charge is 2.14. The summed E-state index contributed by atoms with van der Waals surface area (Å²) in [4.78, 5) is 17.2. The first kappa shape index (κ1) is 20.0. The Labute approximate surface area is 179 Å². The van der Waals surface area contributed by atoms with E-state index in [1.165, 1.54) is 0 Å². The maximum absolute atomic E-state index is 12.7. The van der Waals surface area contributed by atoms with Crippen molar-refractivity contribution in [3.8, 4) is 17.2 Å². The fourth-order valence-electron chi connectivity index (χ4n) is 2.95. The first-order valence-corrected chi connectivity index (χ1v) is 10.1. The van der Waals surface area contributed by atoms with E-state index in [0.29, 0.717) is 51.6 Å². The SMILES string of the molecule is CC(C)COc1cccc(C(=O)Nc2ccc(Cl)c(-c3nc4ccccc4o3)c2)c1. The molecular weight excluding hydrogens is 400 g/mol. The van der Waals surface area contributed by atoms with Gasteiger partial charge in [-0.3, -0.25) is 4.79 Å². The molecule has 0 spiro atoms. The van der Waals surface area contributed by atoms with Gasteiger partial charge in [0.05, 0.1) is 17.2 Å². The van der Waals surface area contributed by atoms with Crippen LogP contribution in [0.2, 0.25) is 5.02 Å². The molecule has 0 bridgehead atoms. The maximum atomic E-state index is 12.7. The standard InChI is InChI=1S/C24H21ClN2O3/c1-15(2)14-29-18-7-5-6-16(12-18)23(28)26-17-10-11-20(25)19(13-17)24-27-21-8-3-4-9-22(21)30-24/h3-13,15H,14H2,1-2H3,(H,26,28). The Morgan fingerprint density at radius 3 is 2.73 bits per heavy atom. The minimum absolute atomic E-state index is 0.240. The number of carbonyl (C=O) groups excluding carboxylic acids is 1. The summed E-state index contributed by atoms with van der Waals surface area (Å²) >= 11 is 6.36. The lowest BCUT2D eigenvalue weighted by atomic mass is 10.1. The highest BCUT2D eigenvalue weighted by atomic mass is 35.5. The Bertz CT molecular complexity index is 1170. The number of para-hydroxylation sites is 2. The molecule has 1 N–H and O–H groups in total. The molecule has 0 fully saturated rings. The normalized spacial score (nSPS) is 11.1. The Kier molecular flexibility index (Phi) is 5.72. The van der Waals surface area contributed by atoms with Crippen LogP contribution in [0, 0.1) is 5.92 Å². The van der Waals surface area contributed by atoms with E-state index in [1.807, 2.05) is 30.3 Å². The number of benzene rings is 3. The number of ether oxygens (including phenoxy) is 1. The van der Waals surface area contributed by atoms with E-state index in [-0.39, 0.29) is 5.91 Å². The lowest BCUT2D eigenvalue weighted by Crippen LogP contribution is -2.12. The largest absolute Gasteiger partial charge is 0.493 e. The van der Waals surface area contributed by atoms with Crippen LogP contribution in [0.4, 0.5) is 5.69 Å². The van der Waals surface area contributed by atoms with Crippen molar-refractivity contribution in [3.63, 3.8) is 0 Å². The van der Waals surface area contributed by atoms with Gasteiger partial charge in [0.2, 0.25) is 5.89 Å². The Balaban J connectivity index is 1.56. The predicted molar refractivity (Wildman–Crippen MR) is 119 cm³/mol. The number of hydrogen-bond donors (Lipinski definition) is 1. The zero-order valence-corrected chi connectivity index (χ0v) is 17.4. The number of hydrogen-bond acceptors (Lipinski definition) is 4. The molecule has 30 heavy (non-hydrogen) atoms. The fourth-order valence-corrected chi connectivity index (χ4v) is 3.15. The van der Waals surface area contributed by atoms with E-state index in [0.717, 1.165) is 5.52 Å². The average molecular weight is 421 g/mol. The van der Waals surface area contributed by atoms with Gasteiger partial charge in [-0.25, -0.2) is 4.98 Å². The number of nitrogens with one attached hydrogen (secondary N) is 1. The van der Waals surface area contributed by atoms with Crippen LogP contribution in [0.3, 0.4) is 0 Å². The second-order valence-corrected chi connectivity index (χ2v) is 7.78. The third-order valence-electron chi connectivity index (χ3n) is 4.43. The molecule has 5 nitrogen and oxygen atoms in total. The van der Waals surface area contributed by atoms with Crippen molar-refractivity contribution in [1.29, 1.82) is 0 Å². The molecule has 1 heterocycles. The van der Waals surface area contributed by atoms with E-state index >= 15 is 0 Å². The molecule has 4 rings (SSSR count). The second-order valence-electron chi connectivity index (χ2n) is 7.37. The molecule has 0 atom stereocenters. The van der Waals surface area contributed by atoms with Crippen LogP contribution >= 0.6 is 11.6 Å². The number of rotatable bonds is 6. The number of halogens is 1.